The van der Waals surface area contributed by atoms with E-state index in [2.05, 4.69) is 15.3 Å². The van der Waals surface area contributed by atoms with Crippen LogP contribution in [0.4, 0.5) is 10.3 Å². The molecule has 10 nitrogen and oxygen atoms in total. The zero-order chi connectivity index (χ0) is 27.5. The maximum Gasteiger partial charge on any atom is 0.233 e. The lowest BCUT2D eigenvalue weighted by molar-refractivity contribution is -0.235. The van der Waals surface area contributed by atoms with Crippen molar-refractivity contribution in [3.05, 3.63) is 48.2 Å². The minimum atomic E-state index is -0.796. The van der Waals surface area contributed by atoms with Gasteiger partial charge in [-0.25, -0.2) is 19.3 Å². The molecule has 0 unspecified atom stereocenters. The fourth-order valence-electron chi connectivity index (χ4n) is 5.54. The quantitative estimate of drug-likeness (QED) is 0.466. The fourth-order valence-corrected chi connectivity index (χ4v) is 5.54. The summed E-state index contributed by atoms with van der Waals surface area (Å²) in [6.45, 7) is 4.45. The summed E-state index contributed by atoms with van der Waals surface area (Å²) < 4.78 is 31.3. The van der Waals surface area contributed by atoms with Gasteiger partial charge in [0, 0.05) is 30.9 Å². The van der Waals surface area contributed by atoms with Crippen LogP contribution in [0.1, 0.15) is 51.1 Å². The molecule has 3 aliphatic rings. The average molecular weight is 551 g/mol. The Kier molecular flexibility index (Phi) is 7.77. The number of hydrogen-bond donors (Lipinski definition) is 2. The summed E-state index contributed by atoms with van der Waals surface area (Å²) in [6.07, 6.45) is 6.81. The van der Waals surface area contributed by atoms with Crippen LogP contribution in [-0.2, 0) is 19.0 Å². The first-order valence-electron chi connectivity index (χ1n) is 14.0. The van der Waals surface area contributed by atoms with E-state index in [1.165, 1.54) is 31.4 Å². The van der Waals surface area contributed by atoms with E-state index in [0.29, 0.717) is 61.2 Å². The highest BCUT2D eigenvalue weighted by atomic mass is 19.1. The van der Waals surface area contributed by atoms with E-state index in [1.54, 1.807) is 18.3 Å². The first kappa shape index (κ1) is 26.8. The van der Waals surface area contributed by atoms with Gasteiger partial charge in [-0.3, -0.25) is 4.79 Å². The van der Waals surface area contributed by atoms with Crippen LogP contribution in [-0.4, -0.2) is 76.3 Å². The Hall–Kier alpha value is -3.41. The van der Waals surface area contributed by atoms with E-state index >= 15 is 0 Å². The van der Waals surface area contributed by atoms with Crippen LogP contribution < -0.4 is 5.32 Å². The summed E-state index contributed by atoms with van der Waals surface area (Å²) in [5, 5.41) is 3.48. The van der Waals surface area contributed by atoms with Crippen molar-refractivity contribution < 1.29 is 23.4 Å². The van der Waals surface area contributed by atoms with Crippen molar-refractivity contribution in [2.24, 2.45) is 5.41 Å². The second-order valence-electron chi connectivity index (χ2n) is 11.0. The molecule has 3 fully saturated rings. The number of nitrogens with zero attached hydrogens (tertiary/aromatic N) is 4. The van der Waals surface area contributed by atoms with Gasteiger partial charge >= 0.3 is 0 Å². The summed E-state index contributed by atoms with van der Waals surface area (Å²) in [7, 11) is 0. The molecule has 1 saturated carbocycles. The van der Waals surface area contributed by atoms with Gasteiger partial charge in [0.05, 0.1) is 48.9 Å². The normalized spacial score (nSPS) is 24.1. The van der Waals surface area contributed by atoms with Crippen LogP contribution in [0.15, 0.2) is 36.5 Å². The minimum absolute atomic E-state index is 0.000339. The summed E-state index contributed by atoms with van der Waals surface area (Å²) in [5.74, 6) is 0.689. The van der Waals surface area contributed by atoms with Gasteiger partial charge in [-0.05, 0) is 50.1 Å². The summed E-state index contributed by atoms with van der Waals surface area (Å²) in [5.41, 5.74) is 1.83. The van der Waals surface area contributed by atoms with Crippen LogP contribution in [0.3, 0.4) is 0 Å². The number of H-pyrrole nitrogens is 1. The monoisotopic (exact) mass is 550 g/mol. The molecule has 2 aromatic heterocycles. The standard InChI is InChI=1S/C29H35FN6O4/c1-29(27(37)36-13-15-38-16-14-36)17-39-26(40-18-29)25-34-23(19-7-9-20(30)10-8-19)24(35-25)22-11-12-31-28(33-22)32-21-5-3-2-4-6-21/h7-12,21,26H,2-6,13-18H2,1H3,(H,34,35)(H,31,32,33). The predicted octanol–water partition coefficient (Wildman–Crippen LogP) is 4.33. The lowest BCUT2D eigenvalue weighted by Gasteiger charge is -2.39. The number of carbonyl (C=O) groups is 1. The first-order chi connectivity index (χ1) is 19.5. The van der Waals surface area contributed by atoms with Gasteiger partial charge in [-0.2, -0.15) is 0 Å². The highest BCUT2D eigenvalue weighted by Gasteiger charge is 2.43. The fraction of sp³-hybridized carbons (Fsp3) is 0.517. The Morgan fingerprint density at radius 1 is 1.05 bits per heavy atom. The number of aromatic nitrogens is 4. The molecule has 1 aliphatic carbocycles. The van der Waals surface area contributed by atoms with Gasteiger partial charge in [-0.15, -0.1) is 0 Å². The molecule has 11 heteroatoms. The summed E-state index contributed by atoms with van der Waals surface area (Å²) in [6, 6.07) is 8.34. The summed E-state index contributed by atoms with van der Waals surface area (Å²) in [4.78, 5) is 32.4. The van der Waals surface area contributed by atoms with Crippen molar-refractivity contribution >= 4 is 11.9 Å². The third kappa shape index (κ3) is 5.72. The Balaban J connectivity index is 1.25. The Morgan fingerprint density at radius 2 is 1.77 bits per heavy atom. The molecule has 212 valence electrons. The number of halogens is 1. The molecule has 3 aromatic rings. The number of rotatable bonds is 6. The summed E-state index contributed by atoms with van der Waals surface area (Å²) >= 11 is 0. The van der Waals surface area contributed by atoms with Gasteiger partial charge < -0.3 is 29.4 Å². The molecule has 6 rings (SSSR count). The van der Waals surface area contributed by atoms with E-state index in [-0.39, 0.29) is 24.9 Å². The zero-order valence-electron chi connectivity index (χ0n) is 22.7. The second-order valence-corrected chi connectivity index (χ2v) is 11.0. The molecule has 0 radical (unpaired) electrons. The number of benzene rings is 1. The number of amides is 1. The lowest BCUT2D eigenvalue weighted by atomic mass is 9.90. The molecule has 2 N–H and O–H groups in total. The molecule has 0 spiro atoms. The predicted molar refractivity (Wildman–Crippen MR) is 146 cm³/mol. The van der Waals surface area contributed by atoms with E-state index < -0.39 is 11.7 Å². The molecule has 40 heavy (non-hydrogen) atoms. The van der Waals surface area contributed by atoms with Crippen LogP contribution in [0, 0.1) is 11.2 Å². The highest BCUT2D eigenvalue weighted by molar-refractivity contribution is 5.83. The number of imidazole rings is 1. The van der Waals surface area contributed by atoms with Crippen molar-refractivity contribution in [3.63, 3.8) is 0 Å². The van der Waals surface area contributed by atoms with Gasteiger partial charge in [0.15, 0.2) is 5.82 Å². The number of nitrogens with one attached hydrogen (secondary N) is 2. The van der Waals surface area contributed by atoms with Crippen molar-refractivity contribution in [1.82, 2.24) is 24.8 Å². The Labute approximate surface area is 232 Å². The van der Waals surface area contributed by atoms with E-state index in [1.807, 2.05) is 17.9 Å². The maximum absolute atomic E-state index is 13.7. The molecule has 0 bridgehead atoms. The number of morpholine rings is 1. The third-order valence-electron chi connectivity index (χ3n) is 7.83. The molecule has 0 atom stereocenters. The van der Waals surface area contributed by atoms with Crippen LogP contribution in [0.5, 0.6) is 0 Å². The number of hydrogen-bond acceptors (Lipinski definition) is 8. The molecule has 1 amide bonds. The first-order valence-corrected chi connectivity index (χ1v) is 14.0. The van der Waals surface area contributed by atoms with Gasteiger partial charge in [-0.1, -0.05) is 19.3 Å². The Bertz CT molecular complexity index is 1310. The maximum atomic E-state index is 13.7. The number of carbonyl (C=O) groups excluding carboxylic acids is 1. The zero-order valence-corrected chi connectivity index (χ0v) is 22.7. The van der Waals surface area contributed by atoms with Crippen LogP contribution >= 0.6 is 0 Å². The molecule has 2 aliphatic heterocycles. The van der Waals surface area contributed by atoms with E-state index in [0.717, 1.165) is 18.4 Å². The molecule has 4 heterocycles. The van der Waals surface area contributed by atoms with Crippen molar-refractivity contribution in [2.75, 3.05) is 44.8 Å². The Morgan fingerprint density at radius 3 is 2.50 bits per heavy atom. The smallest absolute Gasteiger partial charge is 0.233 e. The average Bonchev–Trinajstić information content (AvgIpc) is 3.44. The van der Waals surface area contributed by atoms with Crippen molar-refractivity contribution in [3.8, 4) is 22.6 Å². The largest absolute Gasteiger partial charge is 0.378 e. The van der Waals surface area contributed by atoms with Crippen LogP contribution in [0.25, 0.3) is 22.6 Å². The minimum Gasteiger partial charge on any atom is -0.378 e. The molecular formula is C29H35FN6O4. The number of anilines is 1. The number of ether oxygens (including phenoxy) is 3. The number of aromatic amines is 1. The lowest BCUT2D eigenvalue weighted by Crippen LogP contribution is -2.53. The molecule has 1 aromatic carbocycles. The van der Waals surface area contributed by atoms with Crippen molar-refractivity contribution in [2.45, 2.75) is 51.4 Å². The van der Waals surface area contributed by atoms with E-state index in [9.17, 15) is 9.18 Å². The topological polar surface area (TPSA) is 114 Å². The van der Waals surface area contributed by atoms with Crippen LogP contribution in [0.2, 0.25) is 0 Å². The van der Waals surface area contributed by atoms with Gasteiger partial charge in [0.2, 0.25) is 18.1 Å². The molecular weight excluding hydrogens is 515 g/mol. The van der Waals surface area contributed by atoms with Gasteiger partial charge in [0.25, 0.3) is 0 Å². The van der Waals surface area contributed by atoms with Gasteiger partial charge in [0.1, 0.15) is 5.82 Å². The molecule has 2 saturated heterocycles. The second kappa shape index (κ2) is 11.6. The van der Waals surface area contributed by atoms with E-state index in [4.69, 9.17) is 24.2 Å². The third-order valence-corrected chi connectivity index (χ3v) is 7.83. The SMILES string of the molecule is CC1(C(=O)N2CCOCC2)COC(c2nc(-c3ccc(F)cc3)c(-c3ccnc(NC4CCCCC4)n3)[nH]2)OC1. The van der Waals surface area contributed by atoms with Crippen molar-refractivity contribution in [1.29, 1.82) is 0 Å². The highest BCUT2D eigenvalue weighted by Crippen LogP contribution is 2.36.